The van der Waals surface area contributed by atoms with Crippen LogP contribution >= 0.6 is 0 Å². The number of hydrogen-bond donors (Lipinski definition) is 4. The van der Waals surface area contributed by atoms with Gasteiger partial charge in [0, 0.05) is 12.8 Å². The van der Waals surface area contributed by atoms with Crippen LogP contribution in [0.25, 0.3) is 0 Å². The fraction of sp³-hybridized carbons (Fsp3) is 0.789. The third kappa shape index (κ3) is 30.4. The van der Waals surface area contributed by atoms with Crippen LogP contribution < -0.4 is 10.6 Å². The minimum atomic E-state index is -1.38. The van der Waals surface area contributed by atoms with Gasteiger partial charge >= 0.3 is 11.9 Å². The standard InChI is InChI=1S/C38H68N2O7/c1-3-5-7-9-11-13-14-16-22-26-30-37(44)47-33(27-23-19-15-12-10-8-6-4-2)28-24-20-17-18-21-25-29-35(42)39-31-36(43)40-34(32-41)38(45)46/h12,15,23,27,33-34,41H,3-11,13-14,16-22,24-26,28-32H2,1-2H3,(H,39,42)(H,40,43)(H,45,46)/b15-12-,27-23-. The SMILES string of the molecule is CCCCC/C=C\C/C=C\C(CCCCCCCCC(=O)NCC(=O)NC(CO)C(=O)O)OC(=O)CCCCCCCCCCCC. The molecule has 272 valence electrons. The summed E-state index contributed by atoms with van der Waals surface area (Å²) in [6.45, 7) is 3.42. The number of unbranched alkanes of at least 4 members (excludes halogenated alkanes) is 17. The predicted molar refractivity (Wildman–Crippen MR) is 190 cm³/mol. The lowest BCUT2D eigenvalue weighted by molar-refractivity contribution is -0.147. The maximum Gasteiger partial charge on any atom is 0.328 e. The van der Waals surface area contributed by atoms with Crippen molar-refractivity contribution in [2.45, 2.75) is 180 Å². The molecule has 0 fully saturated rings. The zero-order valence-corrected chi connectivity index (χ0v) is 29.8. The van der Waals surface area contributed by atoms with Crippen molar-refractivity contribution in [2.75, 3.05) is 13.2 Å². The van der Waals surface area contributed by atoms with Gasteiger partial charge in [-0.3, -0.25) is 14.4 Å². The lowest BCUT2D eigenvalue weighted by Gasteiger charge is -2.15. The van der Waals surface area contributed by atoms with Gasteiger partial charge in [-0.1, -0.05) is 128 Å². The van der Waals surface area contributed by atoms with E-state index in [-0.39, 0.29) is 24.5 Å². The molecule has 0 saturated carbocycles. The van der Waals surface area contributed by atoms with Crippen LogP contribution in [0.3, 0.4) is 0 Å². The smallest absolute Gasteiger partial charge is 0.328 e. The highest BCUT2D eigenvalue weighted by molar-refractivity contribution is 5.87. The number of allylic oxidation sites excluding steroid dienone is 3. The van der Waals surface area contributed by atoms with E-state index >= 15 is 0 Å². The Kier molecular flexibility index (Phi) is 31.3. The molecule has 0 saturated heterocycles. The number of aliphatic hydroxyl groups excluding tert-OH is 1. The average molecular weight is 665 g/mol. The average Bonchev–Trinajstić information content (AvgIpc) is 3.05. The number of amides is 2. The summed E-state index contributed by atoms with van der Waals surface area (Å²) >= 11 is 0. The molecule has 0 heterocycles. The molecule has 0 rings (SSSR count). The Morgan fingerprint density at radius 3 is 1.81 bits per heavy atom. The number of aliphatic carboxylic acids is 1. The molecule has 0 bridgehead atoms. The highest BCUT2D eigenvalue weighted by atomic mass is 16.5. The molecule has 0 aromatic heterocycles. The molecule has 9 nitrogen and oxygen atoms in total. The molecule has 0 aliphatic carbocycles. The third-order valence-corrected chi connectivity index (χ3v) is 8.19. The summed E-state index contributed by atoms with van der Waals surface area (Å²) in [5.74, 6) is -2.35. The minimum absolute atomic E-state index is 0.0971. The quantitative estimate of drug-likeness (QED) is 0.0316. The highest BCUT2D eigenvalue weighted by Gasteiger charge is 2.18. The first-order chi connectivity index (χ1) is 22.8. The molecule has 9 heteroatoms. The van der Waals surface area contributed by atoms with E-state index in [0.29, 0.717) is 19.3 Å². The van der Waals surface area contributed by atoms with Crippen LogP contribution in [0.2, 0.25) is 0 Å². The number of carbonyl (C=O) groups excluding carboxylic acids is 3. The second-order valence-corrected chi connectivity index (χ2v) is 12.7. The first-order valence-electron chi connectivity index (χ1n) is 18.7. The first-order valence-corrected chi connectivity index (χ1v) is 18.7. The number of carbonyl (C=O) groups is 4. The monoisotopic (exact) mass is 665 g/mol. The second kappa shape index (κ2) is 33.2. The molecule has 0 aromatic rings. The maximum absolute atomic E-state index is 12.6. The van der Waals surface area contributed by atoms with Crippen molar-refractivity contribution in [2.24, 2.45) is 0 Å². The van der Waals surface area contributed by atoms with E-state index in [9.17, 15) is 19.2 Å². The summed E-state index contributed by atoms with van der Waals surface area (Å²) in [5.41, 5.74) is 0. The molecule has 0 aromatic carbocycles. The Bertz CT molecular complexity index is 859. The van der Waals surface area contributed by atoms with Gasteiger partial charge in [0.2, 0.25) is 11.8 Å². The number of carboxylic acids is 1. The number of esters is 1. The molecule has 2 atom stereocenters. The van der Waals surface area contributed by atoms with Crippen molar-refractivity contribution >= 4 is 23.8 Å². The van der Waals surface area contributed by atoms with Gasteiger partial charge in [-0.15, -0.1) is 0 Å². The van der Waals surface area contributed by atoms with Crippen LogP contribution in [0.4, 0.5) is 0 Å². The van der Waals surface area contributed by atoms with E-state index < -0.39 is 24.5 Å². The van der Waals surface area contributed by atoms with E-state index in [1.54, 1.807) is 0 Å². The van der Waals surface area contributed by atoms with Gasteiger partial charge in [-0.2, -0.15) is 0 Å². The van der Waals surface area contributed by atoms with Crippen LogP contribution in [0.15, 0.2) is 24.3 Å². The number of ether oxygens (including phenoxy) is 1. The van der Waals surface area contributed by atoms with Crippen molar-refractivity contribution in [3.05, 3.63) is 24.3 Å². The molecule has 0 aliphatic rings. The Morgan fingerprint density at radius 2 is 1.21 bits per heavy atom. The summed E-state index contributed by atoms with van der Waals surface area (Å²) in [6.07, 6.45) is 33.7. The lowest BCUT2D eigenvalue weighted by atomic mass is 10.0. The highest BCUT2D eigenvalue weighted by Crippen LogP contribution is 2.15. The van der Waals surface area contributed by atoms with Crippen molar-refractivity contribution in [3.8, 4) is 0 Å². The van der Waals surface area contributed by atoms with Gasteiger partial charge in [-0.05, 0) is 51.0 Å². The Hall–Kier alpha value is -2.68. The van der Waals surface area contributed by atoms with Crippen molar-refractivity contribution < 1.29 is 34.1 Å². The summed E-state index contributed by atoms with van der Waals surface area (Å²) in [6, 6.07) is -1.38. The molecular weight excluding hydrogens is 596 g/mol. The van der Waals surface area contributed by atoms with Crippen LogP contribution in [0, 0.1) is 0 Å². The molecule has 2 unspecified atom stereocenters. The fourth-order valence-electron chi connectivity index (χ4n) is 5.25. The summed E-state index contributed by atoms with van der Waals surface area (Å²) in [7, 11) is 0. The number of nitrogens with one attached hydrogen (secondary N) is 2. The Labute approximate surface area is 285 Å². The van der Waals surface area contributed by atoms with Gasteiger partial charge in [0.15, 0.2) is 0 Å². The second-order valence-electron chi connectivity index (χ2n) is 12.7. The van der Waals surface area contributed by atoms with Gasteiger partial charge < -0.3 is 25.6 Å². The van der Waals surface area contributed by atoms with Crippen LogP contribution in [-0.2, 0) is 23.9 Å². The van der Waals surface area contributed by atoms with Crippen molar-refractivity contribution in [1.82, 2.24) is 10.6 Å². The zero-order chi connectivity index (χ0) is 34.8. The zero-order valence-electron chi connectivity index (χ0n) is 29.8. The van der Waals surface area contributed by atoms with E-state index in [4.69, 9.17) is 14.9 Å². The van der Waals surface area contributed by atoms with Gasteiger partial charge in [0.25, 0.3) is 0 Å². The van der Waals surface area contributed by atoms with Crippen molar-refractivity contribution in [1.29, 1.82) is 0 Å². The topological polar surface area (TPSA) is 142 Å². The summed E-state index contributed by atoms with van der Waals surface area (Å²) in [4.78, 5) is 47.2. The number of aliphatic hydroxyl groups is 1. The van der Waals surface area contributed by atoms with E-state index in [2.05, 4.69) is 48.8 Å². The summed E-state index contributed by atoms with van der Waals surface area (Å²) in [5, 5.41) is 22.4. The Balaban J connectivity index is 4.28. The van der Waals surface area contributed by atoms with E-state index in [0.717, 1.165) is 64.2 Å². The molecule has 2 amide bonds. The van der Waals surface area contributed by atoms with Gasteiger partial charge in [0.1, 0.15) is 12.1 Å². The minimum Gasteiger partial charge on any atom is -0.480 e. The fourth-order valence-corrected chi connectivity index (χ4v) is 5.25. The molecule has 47 heavy (non-hydrogen) atoms. The molecule has 0 spiro atoms. The Morgan fingerprint density at radius 1 is 0.660 bits per heavy atom. The van der Waals surface area contributed by atoms with Crippen molar-refractivity contribution in [3.63, 3.8) is 0 Å². The number of rotatable bonds is 33. The summed E-state index contributed by atoms with van der Waals surface area (Å²) < 4.78 is 5.88. The molecular formula is C38H68N2O7. The van der Waals surface area contributed by atoms with Gasteiger partial charge in [-0.25, -0.2) is 4.79 Å². The maximum atomic E-state index is 12.6. The number of carboxylic acid groups (broad SMARTS) is 1. The number of hydrogen-bond acceptors (Lipinski definition) is 6. The molecule has 0 aliphatic heterocycles. The van der Waals surface area contributed by atoms with E-state index in [1.165, 1.54) is 70.6 Å². The third-order valence-electron chi connectivity index (χ3n) is 8.19. The van der Waals surface area contributed by atoms with Crippen LogP contribution in [0.5, 0.6) is 0 Å². The van der Waals surface area contributed by atoms with Crippen LogP contribution in [-0.4, -0.2) is 59.3 Å². The largest absolute Gasteiger partial charge is 0.480 e. The normalized spacial score (nSPS) is 12.7. The lowest BCUT2D eigenvalue weighted by Crippen LogP contribution is -2.47. The van der Waals surface area contributed by atoms with E-state index in [1.807, 2.05) is 0 Å². The molecule has 4 N–H and O–H groups in total. The van der Waals surface area contributed by atoms with Crippen LogP contribution in [0.1, 0.15) is 168 Å². The first kappa shape index (κ1) is 44.3. The molecule has 0 radical (unpaired) electrons. The predicted octanol–water partition coefficient (Wildman–Crippen LogP) is 8.09. The van der Waals surface area contributed by atoms with Gasteiger partial charge in [0.05, 0.1) is 13.2 Å².